The van der Waals surface area contributed by atoms with E-state index in [0.29, 0.717) is 13.2 Å². The van der Waals surface area contributed by atoms with Gasteiger partial charge in [-0.25, -0.2) is 0 Å². The van der Waals surface area contributed by atoms with Gasteiger partial charge in [-0.15, -0.1) is 0 Å². The number of ether oxygens (including phenoxy) is 2. The smallest absolute Gasteiger partial charge is 0.306 e. The molecule has 1 heterocycles. The molecule has 1 aliphatic heterocycles. The highest BCUT2D eigenvalue weighted by molar-refractivity contribution is 5.67. The molecule has 1 N–H and O–H groups in total. The van der Waals surface area contributed by atoms with Gasteiger partial charge in [0.05, 0.1) is 25.7 Å². The highest BCUT2D eigenvalue weighted by atomic mass is 16.5. The predicted octanol–water partition coefficient (Wildman–Crippen LogP) is 2.15. The monoisotopic (exact) mass is 293 g/mol. The normalized spacial score (nSPS) is 19.4. The molecule has 0 aliphatic carbocycles. The van der Waals surface area contributed by atoms with Gasteiger partial charge in [0, 0.05) is 19.6 Å². The molecular formula is C16H23NO4. The van der Waals surface area contributed by atoms with Gasteiger partial charge in [0.2, 0.25) is 0 Å². The number of carboxylic acid groups (broad SMARTS) is 1. The fraction of sp³-hybridized carbons (Fsp3) is 0.562. The molecule has 1 aliphatic rings. The maximum Gasteiger partial charge on any atom is 0.306 e. The van der Waals surface area contributed by atoms with E-state index in [1.807, 2.05) is 12.1 Å². The topological polar surface area (TPSA) is 59.0 Å². The van der Waals surface area contributed by atoms with E-state index in [4.69, 9.17) is 14.6 Å². The third-order valence-electron chi connectivity index (χ3n) is 3.43. The van der Waals surface area contributed by atoms with Crippen LogP contribution in [-0.4, -0.2) is 48.4 Å². The van der Waals surface area contributed by atoms with E-state index in [9.17, 15) is 4.79 Å². The first kappa shape index (κ1) is 15.8. The molecular weight excluding hydrogens is 270 g/mol. The van der Waals surface area contributed by atoms with Crippen LogP contribution in [0.5, 0.6) is 5.75 Å². The molecule has 5 nitrogen and oxygen atoms in total. The number of hydrogen-bond acceptors (Lipinski definition) is 4. The van der Waals surface area contributed by atoms with Crippen LogP contribution >= 0.6 is 0 Å². The maximum atomic E-state index is 10.7. The molecule has 1 unspecified atom stereocenters. The second kappa shape index (κ2) is 8.00. The Bertz CT molecular complexity index is 446. The molecule has 21 heavy (non-hydrogen) atoms. The molecule has 0 amide bonds. The number of carbonyl (C=O) groups is 1. The Labute approximate surface area is 125 Å². The molecule has 1 atom stereocenters. The van der Waals surface area contributed by atoms with Crippen molar-refractivity contribution in [3.8, 4) is 5.75 Å². The highest BCUT2D eigenvalue weighted by Crippen LogP contribution is 2.16. The van der Waals surface area contributed by atoms with Crippen LogP contribution in [0.15, 0.2) is 24.3 Å². The minimum absolute atomic E-state index is 0.0697. The molecule has 5 heteroatoms. The number of morpholine rings is 1. The summed E-state index contributed by atoms with van der Waals surface area (Å²) in [7, 11) is 0. The Morgan fingerprint density at radius 2 is 2.19 bits per heavy atom. The summed E-state index contributed by atoms with van der Waals surface area (Å²) >= 11 is 0. The lowest BCUT2D eigenvalue weighted by molar-refractivity contribution is -0.142. The summed E-state index contributed by atoms with van der Waals surface area (Å²) in [5.74, 6) is 0.0885. The summed E-state index contributed by atoms with van der Waals surface area (Å²) in [6.45, 7) is 5.73. The van der Waals surface area contributed by atoms with Gasteiger partial charge in [0.25, 0.3) is 0 Å². The molecule has 0 radical (unpaired) electrons. The van der Waals surface area contributed by atoms with Gasteiger partial charge in [-0.2, -0.15) is 0 Å². The van der Waals surface area contributed by atoms with Gasteiger partial charge in [0.1, 0.15) is 5.75 Å². The summed E-state index contributed by atoms with van der Waals surface area (Å²) in [6.07, 6.45) is 0.865. The van der Waals surface area contributed by atoms with Crippen LogP contribution in [0.4, 0.5) is 0 Å². The van der Waals surface area contributed by atoms with Crippen molar-refractivity contribution in [3.05, 3.63) is 29.8 Å². The molecule has 1 fully saturated rings. The van der Waals surface area contributed by atoms with Gasteiger partial charge in [0.15, 0.2) is 0 Å². The van der Waals surface area contributed by atoms with Crippen molar-refractivity contribution in [2.24, 2.45) is 0 Å². The fourth-order valence-electron chi connectivity index (χ4n) is 2.41. The number of nitrogens with zero attached hydrogens (tertiary/aromatic N) is 1. The minimum atomic E-state index is -0.806. The van der Waals surface area contributed by atoms with E-state index in [1.165, 1.54) is 5.56 Å². The number of aliphatic carboxylic acids is 1. The zero-order valence-corrected chi connectivity index (χ0v) is 12.5. The van der Waals surface area contributed by atoms with Crippen molar-refractivity contribution in [1.82, 2.24) is 4.90 Å². The first-order chi connectivity index (χ1) is 10.2. The largest absolute Gasteiger partial charge is 0.494 e. The van der Waals surface area contributed by atoms with Crippen molar-refractivity contribution in [2.75, 3.05) is 26.3 Å². The summed E-state index contributed by atoms with van der Waals surface area (Å²) in [4.78, 5) is 13.0. The molecule has 0 spiro atoms. The average Bonchev–Trinajstić information content (AvgIpc) is 2.46. The molecule has 0 bridgehead atoms. The average molecular weight is 293 g/mol. The third kappa shape index (κ3) is 5.36. The first-order valence-corrected chi connectivity index (χ1v) is 7.45. The number of benzene rings is 1. The lowest BCUT2D eigenvalue weighted by Gasteiger charge is -2.32. The lowest BCUT2D eigenvalue weighted by atomic mass is 10.1. The van der Waals surface area contributed by atoms with Crippen LogP contribution in [0.2, 0.25) is 0 Å². The number of rotatable bonds is 7. The third-order valence-corrected chi connectivity index (χ3v) is 3.43. The van der Waals surface area contributed by atoms with Crippen LogP contribution in [0.25, 0.3) is 0 Å². The quantitative estimate of drug-likeness (QED) is 0.834. The number of hydrogen-bond donors (Lipinski definition) is 1. The summed E-state index contributed by atoms with van der Waals surface area (Å²) in [5, 5.41) is 8.83. The fourth-order valence-corrected chi connectivity index (χ4v) is 2.41. The van der Waals surface area contributed by atoms with E-state index in [0.717, 1.165) is 31.9 Å². The molecule has 116 valence electrons. The van der Waals surface area contributed by atoms with E-state index in [-0.39, 0.29) is 12.5 Å². The van der Waals surface area contributed by atoms with Crippen LogP contribution in [0.3, 0.4) is 0 Å². The first-order valence-electron chi connectivity index (χ1n) is 7.45. The summed E-state index contributed by atoms with van der Waals surface area (Å²) in [5.41, 5.74) is 1.20. The summed E-state index contributed by atoms with van der Waals surface area (Å²) in [6, 6.07) is 8.10. The van der Waals surface area contributed by atoms with Gasteiger partial charge < -0.3 is 14.6 Å². The molecule has 1 saturated heterocycles. The van der Waals surface area contributed by atoms with Crippen molar-refractivity contribution < 1.29 is 19.4 Å². The van der Waals surface area contributed by atoms with Crippen LogP contribution < -0.4 is 4.74 Å². The Kier molecular flexibility index (Phi) is 6.02. The van der Waals surface area contributed by atoms with Gasteiger partial charge >= 0.3 is 5.97 Å². The SMILES string of the molecule is CCCOc1ccc(CN2CCOC(CC(=O)O)C2)cc1. The zero-order chi connectivity index (χ0) is 15.1. The number of carboxylic acids is 1. The van der Waals surface area contributed by atoms with Crippen molar-refractivity contribution in [3.63, 3.8) is 0 Å². The molecule has 2 rings (SSSR count). The molecule has 1 aromatic rings. The van der Waals surface area contributed by atoms with E-state index >= 15 is 0 Å². The van der Waals surface area contributed by atoms with Crippen LogP contribution in [-0.2, 0) is 16.1 Å². The second-order valence-corrected chi connectivity index (χ2v) is 5.32. The van der Waals surface area contributed by atoms with Crippen molar-refractivity contribution in [1.29, 1.82) is 0 Å². The Balaban J connectivity index is 1.84. The van der Waals surface area contributed by atoms with Crippen molar-refractivity contribution >= 4 is 5.97 Å². The summed E-state index contributed by atoms with van der Waals surface area (Å²) < 4.78 is 11.0. The Morgan fingerprint density at radius 1 is 1.43 bits per heavy atom. The van der Waals surface area contributed by atoms with E-state index in [2.05, 4.69) is 24.0 Å². The molecule has 0 aromatic heterocycles. The van der Waals surface area contributed by atoms with Gasteiger partial charge in [-0.05, 0) is 24.1 Å². The standard InChI is InChI=1S/C16H23NO4/c1-2-8-20-14-5-3-13(4-6-14)11-17-7-9-21-15(12-17)10-16(18)19/h3-6,15H,2,7-12H2,1H3,(H,18,19). The van der Waals surface area contributed by atoms with E-state index < -0.39 is 5.97 Å². The van der Waals surface area contributed by atoms with Gasteiger partial charge in [-0.1, -0.05) is 19.1 Å². The van der Waals surface area contributed by atoms with Crippen molar-refractivity contribution in [2.45, 2.75) is 32.4 Å². The highest BCUT2D eigenvalue weighted by Gasteiger charge is 2.22. The Hall–Kier alpha value is -1.59. The maximum absolute atomic E-state index is 10.7. The lowest BCUT2D eigenvalue weighted by Crippen LogP contribution is -2.42. The van der Waals surface area contributed by atoms with Crippen LogP contribution in [0.1, 0.15) is 25.3 Å². The van der Waals surface area contributed by atoms with Crippen LogP contribution in [0, 0.1) is 0 Å². The van der Waals surface area contributed by atoms with E-state index in [1.54, 1.807) is 0 Å². The van der Waals surface area contributed by atoms with Gasteiger partial charge in [-0.3, -0.25) is 9.69 Å². The molecule has 0 saturated carbocycles. The predicted molar refractivity (Wildman–Crippen MR) is 79.5 cm³/mol. The minimum Gasteiger partial charge on any atom is -0.494 e. The molecule has 1 aromatic carbocycles. The Morgan fingerprint density at radius 3 is 2.86 bits per heavy atom. The zero-order valence-electron chi connectivity index (χ0n) is 12.5. The second-order valence-electron chi connectivity index (χ2n) is 5.32.